The molecule has 0 aromatic rings. The number of urea groups is 1. The number of hydrogen-bond donors (Lipinski definition) is 2. The molecule has 0 spiro atoms. The van der Waals surface area contributed by atoms with Crippen LogP contribution in [0.25, 0.3) is 0 Å². The quantitative estimate of drug-likeness (QED) is 0.684. The second-order valence-electron chi connectivity index (χ2n) is 4.34. The predicted octanol–water partition coefficient (Wildman–Crippen LogP) is 0.527. The second-order valence-corrected chi connectivity index (χ2v) is 4.34. The van der Waals surface area contributed by atoms with Crippen LogP contribution in [0.1, 0.15) is 19.8 Å². The maximum absolute atomic E-state index is 11.8. The fourth-order valence-electron chi connectivity index (χ4n) is 1.46. The summed E-state index contributed by atoms with van der Waals surface area (Å²) in [6, 6.07) is 0.0999. The first kappa shape index (κ1) is 13.8. The van der Waals surface area contributed by atoms with Crippen LogP contribution < -0.4 is 5.32 Å². The van der Waals surface area contributed by atoms with Gasteiger partial charge in [0.25, 0.3) is 0 Å². The molecule has 1 fully saturated rings. The number of carbonyl (C=O) groups excluding carboxylic acids is 1. The second kappa shape index (κ2) is 6.44. The Kier molecular flexibility index (Phi) is 5.21. The molecule has 1 aliphatic carbocycles. The molecule has 0 aromatic carbocycles. The number of carboxylic acids is 1. The molecule has 98 valence electrons. The maximum atomic E-state index is 11.8. The number of carbonyl (C=O) groups is 2. The Balaban J connectivity index is 2.34. The molecule has 1 atom stereocenters. The lowest BCUT2D eigenvalue weighted by atomic mass is 10.2. The molecule has 0 aromatic heterocycles. The molecule has 1 aliphatic rings. The topological polar surface area (TPSA) is 78.9 Å². The number of nitrogens with zero attached hydrogens (tertiary/aromatic N) is 1. The molecule has 6 heteroatoms. The van der Waals surface area contributed by atoms with Crippen LogP contribution in [0.15, 0.2) is 0 Å². The third-order valence-electron chi connectivity index (χ3n) is 2.77. The summed E-state index contributed by atoms with van der Waals surface area (Å²) in [5.41, 5.74) is 0. The number of nitrogens with one attached hydrogen (secondary N) is 1. The Morgan fingerprint density at radius 1 is 1.53 bits per heavy atom. The van der Waals surface area contributed by atoms with Crippen LogP contribution in [-0.2, 0) is 9.53 Å². The highest BCUT2D eigenvalue weighted by Gasteiger charge is 2.32. The van der Waals surface area contributed by atoms with Crippen LogP contribution in [-0.4, -0.2) is 54.9 Å². The van der Waals surface area contributed by atoms with Gasteiger partial charge in [0.15, 0.2) is 0 Å². The summed E-state index contributed by atoms with van der Waals surface area (Å²) in [7, 11) is 1.59. The van der Waals surface area contributed by atoms with E-state index in [2.05, 4.69) is 5.32 Å². The minimum absolute atomic E-state index is 0.157. The van der Waals surface area contributed by atoms with Gasteiger partial charge in [-0.1, -0.05) is 6.92 Å². The Morgan fingerprint density at radius 3 is 2.65 bits per heavy atom. The summed E-state index contributed by atoms with van der Waals surface area (Å²) < 4.78 is 4.95. The summed E-state index contributed by atoms with van der Waals surface area (Å²) >= 11 is 0. The highest BCUT2D eigenvalue weighted by atomic mass is 16.5. The van der Waals surface area contributed by atoms with Gasteiger partial charge in [0.1, 0.15) is 0 Å². The van der Waals surface area contributed by atoms with Gasteiger partial charge in [-0.3, -0.25) is 4.79 Å². The average molecular weight is 244 g/mol. The van der Waals surface area contributed by atoms with E-state index in [0.717, 1.165) is 12.8 Å². The van der Waals surface area contributed by atoms with E-state index in [-0.39, 0.29) is 12.6 Å². The van der Waals surface area contributed by atoms with Crippen molar-refractivity contribution in [3.8, 4) is 0 Å². The number of aliphatic carboxylic acids is 1. The van der Waals surface area contributed by atoms with Crippen molar-refractivity contribution >= 4 is 12.0 Å². The lowest BCUT2D eigenvalue weighted by molar-refractivity contribution is -0.140. The molecule has 6 nitrogen and oxygen atoms in total. The fourth-order valence-corrected chi connectivity index (χ4v) is 1.46. The van der Waals surface area contributed by atoms with Crippen molar-refractivity contribution in [2.24, 2.45) is 5.92 Å². The summed E-state index contributed by atoms with van der Waals surface area (Å²) in [5.74, 6) is -1.47. The van der Waals surface area contributed by atoms with Crippen LogP contribution in [0.2, 0.25) is 0 Å². The van der Waals surface area contributed by atoms with Crippen LogP contribution in [0.5, 0.6) is 0 Å². The Morgan fingerprint density at radius 2 is 2.18 bits per heavy atom. The van der Waals surface area contributed by atoms with Crippen molar-refractivity contribution in [3.63, 3.8) is 0 Å². The molecule has 0 aliphatic heterocycles. The molecular formula is C11H20N2O4. The molecule has 0 saturated heterocycles. The zero-order valence-electron chi connectivity index (χ0n) is 10.3. The first-order chi connectivity index (χ1) is 8.06. The van der Waals surface area contributed by atoms with Crippen LogP contribution in [0.4, 0.5) is 4.79 Å². The number of methoxy groups -OCH3 is 1. The van der Waals surface area contributed by atoms with Gasteiger partial charge in [0.05, 0.1) is 12.5 Å². The van der Waals surface area contributed by atoms with E-state index in [0.29, 0.717) is 19.2 Å². The van der Waals surface area contributed by atoms with Crippen molar-refractivity contribution in [3.05, 3.63) is 0 Å². The molecule has 0 bridgehead atoms. The van der Waals surface area contributed by atoms with E-state index in [4.69, 9.17) is 9.84 Å². The van der Waals surface area contributed by atoms with Gasteiger partial charge >= 0.3 is 12.0 Å². The maximum Gasteiger partial charge on any atom is 0.317 e. The molecule has 17 heavy (non-hydrogen) atoms. The number of carboxylic acid groups (broad SMARTS) is 1. The van der Waals surface area contributed by atoms with E-state index in [1.54, 1.807) is 18.9 Å². The van der Waals surface area contributed by atoms with Gasteiger partial charge in [-0.15, -0.1) is 0 Å². The van der Waals surface area contributed by atoms with Crippen LogP contribution in [0.3, 0.4) is 0 Å². The molecule has 2 N–H and O–H groups in total. The number of hydrogen-bond acceptors (Lipinski definition) is 3. The lowest BCUT2D eigenvalue weighted by Crippen LogP contribution is -2.45. The highest BCUT2D eigenvalue weighted by Crippen LogP contribution is 2.26. The van der Waals surface area contributed by atoms with Crippen molar-refractivity contribution in [2.45, 2.75) is 25.8 Å². The van der Waals surface area contributed by atoms with Crippen molar-refractivity contribution < 1.29 is 19.4 Å². The minimum Gasteiger partial charge on any atom is -0.481 e. The van der Waals surface area contributed by atoms with E-state index in [1.165, 1.54) is 0 Å². The normalized spacial score (nSPS) is 16.4. The number of rotatable bonds is 7. The van der Waals surface area contributed by atoms with Gasteiger partial charge in [-0.2, -0.15) is 0 Å². The first-order valence-electron chi connectivity index (χ1n) is 5.82. The van der Waals surface area contributed by atoms with Gasteiger partial charge < -0.3 is 20.1 Å². The summed E-state index contributed by atoms with van der Waals surface area (Å²) in [6.07, 6.45) is 2.04. The summed E-state index contributed by atoms with van der Waals surface area (Å²) in [6.45, 7) is 2.77. The highest BCUT2D eigenvalue weighted by molar-refractivity contribution is 5.76. The molecular weight excluding hydrogens is 224 g/mol. The summed E-state index contributed by atoms with van der Waals surface area (Å²) in [4.78, 5) is 24.2. The number of amides is 2. The Hall–Kier alpha value is -1.30. The largest absolute Gasteiger partial charge is 0.481 e. The standard InChI is InChI=1S/C11H20N2O4/c1-8(10(14)15)7-12-11(16)13(5-6-17-2)9-3-4-9/h8-9H,3-7H2,1-2H3,(H,12,16)(H,14,15). The zero-order chi connectivity index (χ0) is 12.8. The van der Waals surface area contributed by atoms with Crippen LogP contribution >= 0.6 is 0 Å². The fraction of sp³-hybridized carbons (Fsp3) is 0.818. The molecule has 1 rings (SSSR count). The van der Waals surface area contributed by atoms with E-state index < -0.39 is 11.9 Å². The van der Waals surface area contributed by atoms with Crippen molar-refractivity contribution in [1.29, 1.82) is 0 Å². The zero-order valence-corrected chi connectivity index (χ0v) is 10.3. The molecule has 2 amide bonds. The van der Waals surface area contributed by atoms with E-state index in [9.17, 15) is 9.59 Å². The van der Waals surface area contributed by atoms with E-state index >= 15 is 0 Å². The minimum atomic E-state index is -0.903. The van der Waals surface area contributed by atoms with Gasteiger partial charge in [-0.25, -0.2) is 4.79 Å². The first-order valence-corrected chi connectivity index (χ1v) is 5.82. The lowest BCUT2D eigenvalue weighted by Gasteiger charge is -2.23. The van der Waals surface area contributed by atoms with Crippen molar-refractivity contribution in [2.75, 3.05) is 26.8 Å². The Bertz CT molecular complexity index is 279. The third kappa shape index (κ3) is 4.60. The van der Waals surface area contributed by atoms with E-state index in [1.807, 2.05) is 0 Å². The molecule has 0 heterocycles. The van der Waals surface area contributed by atoms with Gasteiger partial charge in [0, 0.05) is 26.2 Å². The number of ether oxygens (including phenoxy) is 1. The van der Waals surface area contributed by atoms with Gasteiger partial charge in [0.2, 0.25) is 0 Å². The molecule has 1 unspecified atom stereocenters. The predicted molar refractivity (Wildman–Crippen MR) is 61.8 cm³/mol. The third-order valence-corrected chi connectivity index (χ3v) is 2.77. The van der Waals surface area contributed by atoms with Crippen LogP contribution in [0, 0.1) is 5.92 Å². The van der Waals surface area contributed by atoms with Gasteiger partial charge in [-0.05, 0) is 12.8 Å². The average Bonchev–Trinajstić information content (AvgIpc) is 3.10. The molecule has 0 radical (unpaired) electrons. The Labute approximate surface area is 101 Å². The molecule has 1 saturated carbocycles. The summed E-state index contributed by atoms with van der Waals surface area (Å²) in [5, 5.41) is 11.4. The SMILES string of the molecule is COCCN(C(=O)NCC(C)C(=O)O)C1CC1. The van der Waals surface area contributed by atoms with Crippen molar-refractivity contribution in [1.82, 2.24) is 10.2 Å². The monoisotopic (exact) mass is 244 g/mol. The smallest absolute Gasteiger partial charge is 0.317 e.